The van der Waals surface area contributed by atoms with E-state index in [9.17, 15) is 9.59 Å². The van der Waals surface area contributed by atoms with Crippen LogP contribution in [-0.4, -0.2) is 30.9 Å². The monoisotopic (exact) mass is 423 g/mol. The zero-order valence-electron chi connectivity index (χ0n) is 14.5. The van der Waals surface area contributed by atoms with Gasteiger partial charge in [-0.1, -0.05) is 0 Å². The van der Waals surface area contributed by atoms with E-state index in [0.29, 0.717) is 10.6 Å². The number of halogens is 1. The molecule has 0 saturated carbocycles. The molecular formula is C18H22BrN3O2S. The minimum atomic E-state index is -0.629. The average Bonchev–Trinajstić information content (AvgIpc) is 3.04. The Labute approximate surface area is 160 Å². The number of nitrogens with one attached hydrogen (secondary N) is 2. The fourth-order valence-corrected chi connectivity index (χ4v) is 3.65. The van der Waals surface area contributed by atoms with Gasteiger partial charge in [-0.15, -0.1) is 11.3 Å². The van der Waals surface area contributed by atoms with Crippen molar-refractivity contribution in [2.75, 3.05) is 23.3 Å². The Hall–Kier alpha value is -1.86. The predicted molar refractivity (Wildman–Crippen MR) is 108 cm³/mol. The smallest absolute Gasteiger partial charge is 0.262 e. The van der Waals surface area contributed by atoms with Gasteiger partial charge in [0.15, 0.2) is 0 Å². The Morgan fingerprint density at radius 3 is 2.28 bits per heavy atom. The van der Waals surface area contributed by atoms with Crippen LogP contribution in [0.4, 0.5) is 11.4 Å². The molecule has 25 heavy (non-hydrogen) atoms. The van der Waals surface area contributed by atoms with E-state index in [1.807, 2.05) is 30.3 Å². The van der Waals surface area contributed by atoms with Crippen molar-refractivity contribution < 1.29 is 9.59 Å². The van der Waals surface area contributed by atoms with Gasteiger partial charge in [0, 0.05) is 24.5 Å². The summed E-state index contributed by atoms with van der Waals surface area (Å²) in [7, 11) is 0. The van der Waals surface area contributed by atoms with Gasteiger partial charge in [-0.05, 0) is 73.1 Å². The van der Waals surface area contributed by atoms with Crippen molar-refractivity contribution in [3.05, 3.63) is 45.1 Å². The first-order chi connectivity index (χ1) is 11.9. The highest BCUT2D eigenvalue weighted by Gasteiger charge is 2.18. The van der Waals surface area contributed by atoms with Gasteiger partial charge < -0.3 is 15.5 Å². The predicted octanol–water partition coefficient (Wildman–Crippen LogP) is 4.11. The second kappa shape index (κ2) is 9.01. The lowest BCUT2D eigenvalue weighted by atomic mass is 10.2. The number of nitrogens with zero attached hydrogens (tertiary/aromatic N) is 1. The number of rotatable bonds is 7. The van der Waals surface area contributed by atoms with E-state index in [0.717, 1.165) is 22.6 Å². The Morgan fingerprint density at radius 1 is 1.12 bits per heavy atom. The van der Waals surface area contributed by atoms with Gasteiger partial charge in [0.2, 0.25) is 5.91 Å². The second-order valence-electron chi connectivity index (χ2n) is 5.51. The van der Waals surface area contributed by atoms with Crippen LogP contribution in [0.3, 0.4) is 0 Å². The van der Waals surface area contributed by atoms with Gasteiger partial charge in [-0.2, -0.15) is 0 Å². The summed E-state index contributed by atoms with van der Waals surface area (Å²) in [6.07, 6.45) is 0. The Morgan fingerprint density at radius 2 is 1.76 bits per heavy atom. The number of hydrogen-bond donors (Lipinski definition) is 2. The van der Waals surface area contributed by atoms with Gasteiger partial charge in [-0.25, -0.2) is 0 Å². The molecule has 0 radical (unpaired) electrons. The molecule has 0 aliphatic carbocycles. The molecule has 0 spiro atoms. The molecule has 2 rings (SSSR count). The maximum Gasteiger partial charge on any atom is 0.262 e. The number of carbonyl (C=O) groups is 2. The minimum Gasteiger partial charge on any atom is -0.372 e. The number of carbonyl (C=O) groups excluding carboxylic acids is 2. The number of amides is 2. The van der Waals surface area contributed by atoms with Gasteiger partial charge in [0.1, 0.15) is 6.04 Å². The summed E-state index contributed by atoms with van der Waals surface area (Å²) in [4.78, 5) is 27.2. The Balaban J connectivity index is 1.93. The molecule has 2 N–H and O–H groups in total. The molecule has 0 saturated heterocycles. The summed E-state index contributed by atoms with van der Waals surface area (Å²) in [5, 5.41) is 5.54. The van der Waals surface area contributed by atoms with Crippen LogP contribution in [0.15, 0.2) is 40.2 Å². The molecule has 1 unspecified atom stereocenters. The van der Waals surface area contributed by atoms with E-state index in [2.05, 4.69) is 45.3 Å². The highest BCUT2D eigenvalue weighted by Crippen LogP contribution is 2.22. The van der Waals surface area contributed by atoms with Crippen molar-refractivity contribution in [2.24, 2.45) is 0 Å². The molecule has 0 fully saturated rings. The first-order valence-corrected chi connectivity index (χ1v) is 9.77. The minimum absolute atomic E-state index is 0.250. The van der Waals surface area contributed by atoms with Crippen LogP contribution in [0.25, 0.3) is 0 Å². The van der Waals surface area contributed by atoms with Crippen molar-refractivity contribution >= 4 is 50.5 Å². The Kier molecular flexibility index (Phi) is 7.01. The van der Waals surface area contributed by atoms with Crippen molar-refractivity contribution in [1.82, 2.24) is 5.32 Å². The molecule has 134 valence electrons. The fourth-order valence-electron chi connectivity index (χ4n) is 2.36. The van der Waals surface area contributed by atoms with Crippen molar-refractivity contribution in [1.29, 1.82) is 0 Å². The highest BCUT2D eigenvalue weighted by molar-refractivity contribution is 9.11. The molecular weight excluding hydrogens is 402 g/mol. The summed E-state index contributed by atoms with van der Waals surface area (Å²) in [6, 6.07) is 10.6. The molecule has 2 amide bonds. The molecule has 1 aromatic carbocycles. The summed E-state index contributed by atoms with van der Waals surface area (Å²) < 4.78 is 0.878. The van der Waals surface area contributed by atoms with E-state index < -0.39 is 6.04 Å². The maximum atomic E-state index is 12.3. The lowest BCUT2D eigenvalue weighted by Gasteiger charge is -2.21. The Bertz CT molecular complexity index is 726. The van der Waals surface area contributed by atoms with Crippen LogP contribution in [0.1, 0.15) is 30.4 Å². The fraction of sp³-hybridized carbons (Fsp3) is 0.333. The van der Waals surface area contributed by atoms with Gasteiger partial charge in [0.05, 0.1) is 8.66 Å². The molecule has 0 bridgehead atoms. The lowest BCUT2D eigenvalue weighted by Crippen LogP contribution is -2.41. The average molecular weight is 424 g/mol. The number of anilines is 2. The van der Waals surface area contributed by atoms with Crippen molar-refractivity contribution in [2.45, 2.75) is 26.8 Å². The van der Waals surface area contributed by atoms with Crippen LogP contribution >= 0.6 is 27.3 Å². The van der Waals surface area contributed by atoms with Gasteiger partial charge in [-0.3, -0.25) is 9.59 Å². The first-order valence-electron chi connectivity index (χ1n) is 8.16. The third-order valence-corrected chi connectivity index (χ3v) is 5.42. The van der Waals surface area contributed by atoms with Crippen molar-refractivity contribution in [3.8, 4) is 0 Å². The van der Waals surface area contributed by atoms with E-state index in [1.54, 1.807) is 13.0 Å². The lowest BCUT2D eigenvalue weighted by molar-refractivity contribution is -0.117. The van der Waals surface area contributed by atoms with E-state index in [4.69, 9.17) is 0 Å². The number of hydrogen-bond acceptors (Lipinski definition) is 4. The van der Waals surface area contributed by atoms with E-state index in [-0.39, 0.29) is 11.8 Å². The molecule has 7 heteroatoms. The van der Waals surface area contributed by atoms with Crippen LogP contribution in [0, 0.1) is 0 Å². The van der Waals surface area contributed by atoms with Crippen LogP contribution in [0.2, 0.25) is 0 Å². The summed E-state index contributed by atoms with van der Waals surface area (Å²) in [5.41, 5.74) is 1.83. The molecule has 0 aliphatic heterocycles. The number of benzene rings is 1. The SMILES string of the molecule is CCN(CC)c1ccc(NC(=O)C(C)NC(=O)c2ccc(Br)s2)cc1. The second-order valence-corrected chi connectivity index (χ2v) is 7.97. The summed E-state index contributed by atoms with van der Waals surface area (Å²) in [6.45, 7) is 7.75. The highest BCUT2D eigenvalue weighted by atomic mass is 79.9. The normalized spacial score (nSPS) is 11.7. The summed E-state index contributed by atoms with van der Waals surface area (Å²) >= 11 is 4.65. The van der Waals surface area contributed by atoms with Crippen LogP contribution < -0.4 is 15.5 Å². The zero-order chi connectivity index (χ0) is 18.4. The first kappa shape index (κ1) is 19.5. The zero-order valence-corrected chi connectivity index (χ0v) is 16.9. The summed E-state index contributed by atoms with van der Waals surface area (Å²) in [5.74, 6) is -0.505. The van der Waals surface area contributed by atoms with Gasteiger partial charge >= 0.3 is 0 Å². The van der Waals surface area contributed by atoms with E-state index >= 15 is 0 Å². The molecule has 0 aliphatic rings. The molecule has 1 aromatic heterocycles. The molecule has 5 nitrogen and oxygen atoms in total. The molecule has 1 atom stereocenters. The van der Waals surface area contributed by atoms with Gasteiger partial charge in [0.25, 0.3) is 5.91 Å². The number of thiophene rings is 1. The standard InChI is InChI=1S/C18H22BrN3O2S/c1-4-22(5-2)14-8-6-13(7-9-14)21-17(23)12(3)20-18(24)15-10-11-16(19)25-15/h6-12H,4-5H2,1-3H3,(H,20,24)(H,21,23). The molecule has 1 heterocycles. The van der Waals surface area contributed by atoms with Crippen LogP contribution in [-0.2, 0) is 4.79 Å². The topological polar surface area (TPSA) is 61.4 Å². The molecule has 2 aromatic rings. The van der Waals surface area contributed by atoms with Crippen molar-refractivity contribution in [3.63, 3.8) is 0 Å². The van der Waals surface area contributed by atoms with Crippen LogP contribution in [0.5, 0.6) is 0 Å². The third kappa shape index (κ3) is 5.31. The maximum absolute atomic E-state index is 12.3. The third-order valence-electron chi connectivity index (χ3n) is 3.80. The van der Waals surface area contributed by atoms with E-state index in [1.165, 1.54) is 11.3 Å². The quantitative estimate of drug-likeness (QED) is 0.703. The largest absolute Gasteiger partial charge is 0.372 e.